The Morgan fingerprint density at radius 2 is 2.19 bits per heavy atom. The van der Waals surface area contributed by atoms with Gasteiger partial charge in [-0.3, -0.25) is 9.59 Å². The number of amides is 2. The van der Waals surface area contributed by atoms with Crippen molar-refractivity contribution in [1.29, 1.82) is 0 Å². The number of hydrogen-bond donors (Lipinski definition) is 2. The van der Waals surface area contributed by atoms with Crippen LogP contribution >= 0.6 is 0 Å². The first-order valence-electron chi connectivity index (χ1n) is 6.24. The van der Waals surface area contributed by atoms with Gasteiger partial charge >= 0.3 is 0 Å². The molecule has 0 aliphatic heterocycles. The second-order valence-corrected chi connectivity index (χ2v) is 6.56. The fraction of sp³-hybridized carbons (Fsp3) is 0.385. The second kappa shape index (κ2) is 7.63. The highest BCUT2D eigenvalue weighted by molar-refractivity contribution is 7.90. The van der Waals surface area contributed by atoms with Crippen molar-refractivity contribution >= 4 is 22.2 Å². The lowest BCUT2D eigenvalue weighted by molar-refractivity contribution is -0.118. The molecule has 0 fully saturated rings. The van der Waals surface area contributed by atoms with E-state index in [4.69, 9.17) is 10.5 Å². The van der Waals surface area contributed by atoms with Crippen LogP contribution in [0, 0.1) is 0 Å². The third kappa shape index (κ3) is 6.26. The molecule has 3 N–H and O–H groups in total. The molecule has 0 saturated carbocycles. The van der Waals surface area contributed by atoms with Crippen LogP contribution in [-0.2, 0) is 19.4 Å². The molecule has 0 aliphatic carbocycles. The smallest absolute Gasteiger partial charge is 0.217 e. The molecule has 1 aromatic rings. The van der Waals surface area contributed by atoms with Crippen molar-refractivity contribution in [3.63, 3.8) is 0 Å². The lowest BCUT2D eigenvalue weighted by atomic mass is 10.1. The highest BCUT2D eigenvalue weighted by Gasteiger charge is 2.12. The molecule has 1 aromatic carbocycles. The van der Waals surface area contributed by atoms with Crippen molar-refractivity contribution in [2.75, 3.05) is 12.9 Å². The molecule has 0 aliphatic rings. The fourth-order valence-electron chi connectivity index (χ4n) is 1.62. The second-order valence-electron chi connectivity index (χ2n) is 4.54. The van der Waals surface area contributed by atoms with Crippen LogP contribution in [0.3, 0.4) is 0 Å². The van der Waals surface area contributed by atoms with Crippen molar-refractivity contribution in [2.24, 2.45) is 5.73 Å². The Labute approximate surface area is 123 Å². The van der Waals surface area contributed by atoms with Crippen molar-refractivity contribution in [3.8, 4) is 5.75 Å². The van der Waals surface area contributed by atoms with Gasteiger partial charge < -0.3 is 15.8 Å². The number of benzene rings is 1. The van der Waals surface area contributed by atoms with Crippen molar-refractivity contribution < 1.29 is 22.7 Å². The van der Waals surface area contributed by atoms with E-state index in [0.29, 0.717) is 18.6 Å². The molecule has 116 valence electrons. The molecule has 0 aromatic heterocycles. The van der Waals surface area contributed by atoms with Gasteiger partial charge in [0.2, 0.25) is 12.3 Å². The van der Waals surface area contributed by atoms with E-state index in [9.17, 15) is 18.0 Å². The van der Waals surface area contributed by atoms with E-state index >= 15 is 0 Å². The number of sulfone groups is 1. The highest BCUT2D eigenvalue weighted by atomic mass is 32.2. The van der Waals surface area contributed by atoms with E-state index in [1.54, 1.807) is 12.1 Å². The summed E-state index contributed by atoms with van der Waals surface area (Å²) in [5, 5.41) is 2.52. The van der Waals surface area contributed by atoms with E-state index in [-0.39, 0.29) is 24.0 Å². The number of primary amides is 1. The minimum atomic E-state index is -3.31. The van der Waals surface area contributed by atoms with Gasteiger partial charge in [0.05, 0.1) is 10.9 Å². The van der Waals surface area contributed by atoms with Gasteiger partial charge in [-0.15, -0.1) is 0 Å². The standard InChI is InChI=1S/C13H18N2O5S/c1-21(18,19)12-4-2-3-11(7-12)20-8-10(15-9-16)5-6-13(14)17/h2-4,7,9-10H,5-6,8H2,1H3,(H2,14,17)(H,15,16). The minimum Gasteiger partial charge on any atom is -0.491 e. The molecule has 21 heavy (non-hydrogen) atoms. The van der Waals surface area contributed by atoms with E-state index in [0.717, 1.165) is 6.26 Å². The summed E-state index contributed by atoms with van der Waals surface area (Å²) < 4.78 is 28.3. The minimum absolute atomic E-state index is 0.110. The monoisotopic (exact) mass is 314 g/mol. The summed E-state index contributed by atoms with van der Waals surface area (Å²) in [6, 6.07) is 5.67. The van der Waals surface area contributed by atoms with Crippen LogP contribution in [0.2, 0.25) is 0 Å². The molecule has 0 spiro atoms. The Hall–Kier alpha value is -2.09. The van der Waals surface area contributed by atoms with Gasteiger partial charge in [0.1, 0.15) is 12.4 Å². The zero-order valence-corrected chi connectivity index (χ0v) is 12.4. The van der Waals surface area contributed by atoms with Gasteiger partial charge in [0.25, 0.3) is 0 Å². The maximum atomic E-state index is 11.4. The lowest BCUT2D eigenvalue weighted by Gasteiger charge is -2.16. The van der Waals surface area contributed by atoms with Gasteiger partial charge in [0.15, 0.2) is 9.84 Å². The molecule has 1 rings (SSSR count). The van der Waals surface area contributed by atoms with Crippen LogP contribution in [0.15, 0.2) is 29.2 Å². The average Bonchev–Trinajstić information content (AvgIpc) is 2.41. The van der Waals surface area contributed by atoms with Gasteiger partial charge in [-0.2, -0.15) is 0 Å². The molecule has 1 unspecified atom stereocenters. The molecular formula is C13H18N2O5S. The van der Waals surface area contributed by atoms with Crippen molar-refractivity contribution in [3.05, 3.63) is 24.3 Å². The Morgan fingerprint density at radius 3 is 2.76 bits per heavy atom. The molecule has 0 heterocycles. The first kappa shape index (κ1) is 17.0. The van der Waals surface area contributed by atoms with Crippen LogP contribution in [0.25, 0.3) is 0 Å². The third-order valence-corrected chi connectivity index (χ3v) is 3.84. The molecule has 2 amide bonds. The molecule has 0 saturated heterocycles. The first-order valence-corrected chi connectivity index (χ1v) is 8.13. The zero-order chi connectivity index (χ0) is 15.9. The predicted octanol–water partition coefficient (Wildman–Crippen LogP) is -0.151. The fourth-order valence-corrected chi connectivity index (χ4v) is 2.27. The maximum absolute atomic E-state index is 11.4. The Kier molecular flexibility index (Phi) is 6.16. The molecule has 0 bridgehead atoms. The number of hydrogen-bond acceptors (Lipinski definition) is 5. The predicted molar refractivity (Wildman–Crippen MR) is 76.5 cm³/mol. The largest absolute Gasteiger partial charge is 0.491 e. The highest BCUT2D eigenvalue weighted by Crippen LogP contribution is 2.17. The van der Waals surface area contributed by atoms with Gasteiger partial charge in [-0.1, -0.05) is 6.07 Å². The zero-order valence-electron chi connectivity index (χ0n) is 11.6. The number of nitrogens with two attached hydrogens (primary N) is 1. The van der Waals surface area contributed by atoms with E-state index in [2.05, 4.69) is 5.32 Å². The summed E-state index contributed by atoms with van der Waals surface area (Å²) in [7, 11) is -3.31. The first-order chi connectivity index (χ1) is 9.82. The van der Waals surface area contributed by atoms with Crippen LogP contribution in [0.1, 0.15) is 12.8 Å². The van der Waals surface area contributed by atoms with Crippen LogP contribution in [0.5, 0.6) is 5.75 Å². The number of carbonyl (C=O) groups excluding carboxylic acids is 2. The van der Waals surface area contributed by atoms with Crippen LogP contribution in [-0.4, -0.2) is 39.6 Å². The van der Waals surface area contributed by atoms with E-state index in [1.165, 1.54) is 12.1 Å². The van der Waals surface area contributed by atoms with Crippen LogP contribution in [0.4, 0.5) is 0 Å². The SMILES string of the molecule is CS(=O)(=O)c1cccc(OCC(CCC(N)=O)NC=O)c1. The molecule has 0 radical (unpaired) electrons. The third-order valence-electron chi connectivity index (χ3n) is 2.73. The summed E-state index contributed by atoms with van der Waals surface area (Å²) in [4.78, 5) is 21.4. The number of carbonyl (C=O) groups is 2. The van der Waals surface area contributed by atoms with Gasteiger partial charge in [-0.25, -0.2) is 8.42 Å². The van der Waals surface area contributed by atoms with Crippen LogP contribution < -0.4 is 15.8 Å². The Bertz CT molecular complexity index is 600. The summed E-state index contributed by atoms with van der Waals surface area (Å²) in [6.07, 6.45) is 2.09. The molecule has 7 nitrogen and oxygen atoms in total. The number of nitrogens with one attached hydrogen (secondary N) is 1. The average molecular weight is 314 g/mol. The van der Waals surface area contributed by atoms with Crippen molar-refractivity contribution in [2.45, 2.75) is 23.8 Å². The van der Waals surface area contributed by atoms with Crippen molar-refractivity contribution in [1.82, 2.24) is 5.32 Å². The summed E-state index contributed by atoms with van der Waals surface area (Å²) in [5.74, 6) is -0.0959. The number of ether oxygens (including phenoxy) is 1. The number of rotatable bonds is 9. The summed E-state index contributed by atoms with van der Waals surface area (Å²) in [5.41, 5.74) is 5.05. The molecule has 8 heteroatoms. The quantitative estimate of drug-likeness (QED) is 0.615. The Balaban J connectivity index is 2.67. The topological polar surface area (TPSA) is 116 Å². The van der Waals surface area contributed by atoms with Gasteiger partial charge in [-0.05, 0) is 24.6 Å². The van der Waals surface area contributed by atoms with E-state index < -0.39 is 15.7 Å². The molecule has 1 atom stereocenters. The Morgan fingerprint density at radius 1 is 1.48 bits per heavy atom. The maximum Gasteiger partial charge on any atom is 0.217 e. The normalized spacial score (nSPS) is 12.4. The lowest BCUT2D eigenvalue weighted by Crippen LogP contribution is -2.34. The van der Waals surface area contributed by atoms with E-state index in [1.807, 2.05) is 0 Å². The summed E-state index contributed by atoms with van der Waals surface area (Å²) >= 11 is 0. The van der Waals surface area contributed by atoms with Gasteiger partial charge in [0, 0.05) is 12.7 Å². The molecular weight excluding hydrogens is 296 g/mol. The summed E-state index contributed by atoms with van der Waals surface area (Å²) in [6.45, 7) is 0.110.